The number of amides is 1. The van der Waals surface area contributed by atoms with Gasteiger partial charge >= 0.3 is 12.3 Å². The van der Waals surface area contributed by atoms with Crippen LogP contribution in [0.15, 0.2) is 12.1 Å². The first-order valence-electron chi connectivity index (χ1n) is 4.86. The second-order valence-corrected chi connectivity index (χ2v) is 5.01. The quantitative estimate of drug-likeness (QED) is 0.784. The SMILES string of the molecule is O=C1NCC(c2cc(Cl)c(Cl)c(Cl)c2)(C(F)(F)F)O1. The van der Waals surface area contributed by atoms with Crippen molar-refractivity contribution in [3.63, 3.8) is 0 Å². The van der Waals surface area contributed by atoms with Crippen LogP contribution < -0.4 is 5.32 Å². The van der Waals surface area contributed by atoms with Gasteiger partial charge in [-0.3, -0.25) is 0 Å². The van der Waals surface area contributed by atoms with Crippen LogP contribution in [0.5, 0.6) is 0 Å². The highest BCUT2D eigenvalue weighted by Gasteiger charge is 2.62. The summed E-state index contributed by atoms with van der Waals surface area (Å²) >= 11 is 17.1. The molecule has 104 valence electrons. The Balaban J connectivity index is 2.61. The summed E-state index contributed by atoms with van der Waals surface area (Å²) in [5.74, 6) is 0. The zero-order chi connectivity index (χ0) is 14.4. The fourth-order valence-electron chi connectivity index (χ4n) is 1.70. The molecule has 1 amide bonds. The van der Waals surface area contributed by atoms with Crippen LogP contribution in [-0.4, -0.2) is 18.8 Å². The Hall–Kier alpha value is -0.850. The van der Waals surface area contributed by atoms with Crippen LogP contribution in [0.1, 0.15) is 5.56 Å². The topological polar surface area (TPSA) is 38.3 Å². The summed E-state index contributed by atoms with van der Waals surface area (Å²) in [6, 6.07) is 1.95. The molecule has 1 saturated heterocycles. The van der Waals surface area contributed by atoms with E-state index in [1.807, 2.05) is 5.32 Å². The van der Waals surface area contributed by atoms with Gasteiger partial charge in [-0.1, -0.05) is 34.8 Å². The molecule has 1 aliphatic rings. The third-order valence-electron chi connectivity index (χ3n) is 2.66. The summed E-state index contributed by atoms with van der Waals surface area (Å²) in [7, 11) is 0. The highest BCUT2D eigenvalue weighted by atomic mass is 35.5. The van der Waals surface area contributed by atoms with Crippen molar-refractivity contribution in [2.75, 3.05) is 6.54 Å². The van der Waals surface area contributed by atoms with Crippen molar-refractivity contribution in [1.82, 2.24) is 5.32 Å². The van der Waals surface area contributed by atoms with Gasteiger partial charge in [-0.05, 0) is 12.1 Å². The van der Waals surface area contributed by atoms with Crippen LogP contribution in [-0.2, 0) is 10.3 Å². The predicted octanol–water partition coefficient (Wildman–Crippen LogP) is 4.14. The van der Waals surface area contributed by atoms with E-state index in [0.717, 1.165) is 12.1 Å². The minimum atomic E-state index is -4.83. The number of alkyl halides is 3. The van der Waals surface area contributed by atoms with Crippen molar-refractivity contribution in [2.24, 2.45) is 0 Å². The number of alkyl carbamates (subject to hydrolysis) is 1. The lowest BCUT2D eigenvalue weighted by atomic mass is 9.93. The molecule has 1 fully saturated rings. The normalized spacial score (nSPS) is 23.2. The van der Waals surface area contributed by atoms with E-state index >= 15 is 0 Å². The van der Waals surface area contributed by atoms with E-state index in [0.29, 0.717) is 0 Å². The zero-order valence-electron chi connectivity index (χ0n) is 8.95. The molecule has 1 heterocycles. The second kappa shape index (κ2) is 4.61. The molecule has 1 aromatic rings. The Morgan fingerprint density at radius 2 is 1.74 bits per heavy atom. The van der Waals surface area contributed by atoms with Crippen LogP contribution in [0.25, 0.3) is 0 Å². The average Bonchev–Trinajstić information content (AvgIpc) is 2.68. The molecule has 0 bridgehead atoms. The van der Waals surface area contributed by atoms with Gasteiger partial charge < -0.3 is 10.1 Å². The first-order chi connectivity index (χ1) is 8.67. The summed E-state index contributed by atoms with van der Waals surface area (Å²) in [6.07, 6.45) is -5.99. The third kappa shape index (κ3) is 2.32. The number of benzene rings is 1. The number of halogens is 6. The van der Waals surface area contributed by atoms with Crippen molar-refractivity contribution in [3.05, 3.63) is 32.8 Å². The molecular formula is C10H5Cl3F3NO2. The standard InChI is InChI=1S/C10H5Cl3F3NO2/c11-5-1-4(2-6(12)7(5)13)9(10(14,15)16)3-17-8(18)19-9/h1-2H,3H2,(H,17,18). The summed E-state index contributed by atoms with van der Waals surface area (Å²) in [4.78, 5) is 11.0. The maximum atomic E-state index is 13.2. The van der Waals surface area contributed by atoms with Crippen LogP contribution >= 0.6 is 34.8 Å². The lowest BCUT2D eigenvalue weighted by Gasteiger charge is -2.29. The molecule has 0 spiro atoms. The molecule has 3 nitrogen and oxygen atoms in total. The maximum Gasteiger partial charge on any atom is 0.434 e. The molecule has 19 heavy (non-hydrogen) atoms. The molecule has 1 aliphatic heterocycles. The molecule has 0 radical (unpaired) electrons. The van der Waals surface area contributed by atoms with Crippen molar-refractivity contribution in [1.29, 1.82) is 0 Å². The summed E-state index contributed by atoms with van der Waals surface area (Å²) in [5, 5.41) is 1.59. The molecule has 1 atom stereocenters. The highest BCUT2D eigenvalue weighted by molar-refractivity contribution is 6.48. The van der Waals surface area contributed by atoms with Crippen molar-refractivity contribution in [3.8, 4) is 0 Å². The molecule has 1 aromatic carbocycles. The lowest BCUT2D eigenvalue weighted by molar-refractivity contribution is -0.250. The van der Waals surface area contributed by atoms with E-state index in [-0.39, 0.29) is 15.1 Å². The lowest BCUT2D eigenvalue weighted by Crippen LogP contribution is -2.45. The number of cyclic esters (lactones) is 1. The highest BCUT2D eigenvalue weighted by Crippen LogP contribution is 2.46. The van der Waals surface area contributed by atoms with E-state index in [1.54, 1.807) is 0 Å². The van der Waals surface area contributed by atoms with Gasteiger partial charge in [0.1, 0.15) is 0 Å². The monoisotopic (exact) mass is 333 g/mol. The number of hydrogen-bond acceptors (Lipinski definition) is 2. The molecular weight excluding hydrogens is 329 g/mol. The average molecular weight is 335 g/mol. The van der Waals surface area contributed by atoms with E-state index in [2.05, 4.69) is 4.74 Å². The minimum absolute atomic E-state index is 0.0679. The number of hydrogen-bond donors (Lipinski definition) is 1. The van der Waals surface area contributed by atoms with Gasteiger partial charge in [0.2, 0.25) is 0 Å². The summed E-state index contributed by atoms with van der Waals surface area (Å²) < 4.78 is 44.0. The Bertz CT molecular complexity index is 526. The van der Waals surface area contributed by atoms with Crippen molar-refractivity contribution in [2.45, 2.75) is 11.8 Å². The first kappa shape index (κ1) is 14.6. The number of nitrogens with one attached hydrogen (secondary N) is 1. The molecule has 1 N–H and O–H groups in total. The zero-order valence-corrected chi connectivity index (χ0v) is 11.2. The van der Waals surface area contributed by atoms with Crippen LogP contribution in [0.4, 0.5) is 18.0 Å². The number of rotatable bonds is 1. The smallest absolute Gasteiger partial charge is 0.426 e. The van der Waals surface area contributed by atoms with Gasteiger partial charge in [0.25, 0.3) is 5.60 Å². The fourth-order valence-corrected chi connectivity index (χ4v) is 2.29. The number of carbonyl (C=O) groups is 1. The predicted molar refractivity (Wildman–Crippen MR) is 63.7 cm³/mol. The second-order valence-electron chi connectivity index (χ2n) is 3.82. The Morgan fingerprint density at radius 1 is 1.21 bits per heavy atom. The minimum Gasteiger partial charge on any atom is -0.426 e. The summed E-state index contributed by atoms with van der Waals surface area (Å²) in [6.45, 7) is -0.760. The largest absolute Gasteiger partial charge is 0.434 e. The fraction of sp³-hybridized carbons (Fsp3) is 0.300. The van der Waals surface area contributed by atoms with Crippen LogP contribution in [0.3, 0.4) is 0 Å². The van der Waals surface area contributed by atoms with Gasteiger partial charge in [0.05, 0.1) is 21.6 Å². The molecule has 0 aromatic heterocycles. The van der Waals surface area contributed by atoms with Gasteiger partial charge in [-0.2, -0.15) is 13.2 Å². The van der Waals surface area contributed by atoms with E-state index in [9.17, 15) is 18.0 Å². The maximum absolute atomic E-state index is 13.2. The molecule has 9 heteroatoms. The summed E-state index contributed by atoms with van der Waals surface area (Å²) in [5.41, 5.74) is -3.21. The Morgan fingerprint density at radius 3 is 2.11 bits per heavy atom. The van der Waals surface area contributed by atoms with E-state index < -0.39 is 30.0 Å². The van der Waals surface area contributed by atoms with Gasteiger partial charge in [0.15, 0.2) is 0 Å². The van der Waals surface area contributed by atoms with E-state index in [1.165, 1.54) is 0 Å². The number of carbonyl (C=O) groups excluding carboxylic acids is 1. The molecule has 0 aliphatic carbocycles. The van der Waals surface area contributed by atoms with Crippen LogP contribution in [0.2, 0.25) is 15.1 Å². The van der Waals surface area contributed by atoms with Crippen molar-refractivity contribution < 1.29 is 22.7 Å². The molecule has 0 saturated carbocycles. The van der Waals surface area contributed by atoms with Gasteiger partial charge in [-0.15, -0.1) is 0 Å². The third-order valence-corrected chi connectivity index (χ3v) is 3.85. The Kier molecular flexibility index (Phi) is 3.53. The first-order valence-corrected chi connectivity index (χ1v) is 5.99. The van der Waals surface area contributed by atoms with Gasteiger partial charge in [-0.25, -0.2) is 4.79 Å². The van der Waals surface area contributed by atoms with Gasteiger partial charge in [0, 0.05) is 5.56 Å². The molecule has 2 rings (SSSR count). The van der Waals surface area contributed by atoms with Crippen LogP contribution in [0, 0.1) is 0 Å². The molecule has 1 unspecified atom stereocenters. The number of ether oxygens (including phenoxy) is 1. The van der Waals surface area contributed by atoms with Crippen molar-refractivity contribution >= 4 is 40.9 Å². The van der Waals surface area contributed by atoms with E-state index in [4.69, 9.17) is 34.8 Å². The Labute approximate surface area is 120 Å².